The van der Waals surface area contributed by atoms with Crippen molar-refractivity contribution in [2.75, 3.05) is 7.11 Å². The van der Waals surface area contributed by atoms with Crippen molar-refractivity contribution in [3.8, 4) is 5.75 Å². The number of amides is 1. The number of hydrogen-bond acceptors (Lipinski definition) is 4. The Morgan fingerprint density at radius 1 is 1.39 bits per heavy atom. The highest BCUT2D eigenvalue weighted by atomic mass is 79.9. The molecule has 1 aromatic heterocycles. The summed E-state index contributed by atoms with van der Waals surface area (Å²) in [5.41, 5.74) is 1.66. The molecule has 0 aliphatic heterocycles. The normalized spacial score (nSPS) is 10.4. The SMILES string of the molecule is COc1ccc(Br)cc1CNC(=O)c1c(C)coc1CC(=O)O. The minimum atomic E-state index is -1.05. The summed E-state index contributed by atoms with van der Waals surface area (Å²) in [5, 5.41) is 11.6. The van der Waals surface area contributed by atoms with Gasteiger partial charge in [0.15, 0.2) is 0 Å². The van der Waals surface area contributed by atoms with Crippen molar-refractivity contribution in [3.05, 3.63) is 51.4 Å². The molecule has 0 saturated heterocycles. The smallest absolute Gasteiger partial charge is 0.311 e. The monoisotopic (exact) mass is 381 g/mol. The zero-order valence-electron chi connectivity index (χ0n) is 12.7. The van der Waals surface area contributed by atoms with Gasteiger partial charge in [0, 0.05) is 22.1 Å². The zero-order chi connectivity index (χ0) is 17.0. The number of nitrogens with one attached hydrogen (secondary N) is 1. The van der Waals surface area contributed by atoms with Gasteiger partial charge in [0.1, 0.15) is 17.9 Å². The summed E-state index contributed by atoms with van der Waals surface area (Å²) in [6, 6.07) is 5.49. The average molecular weight is 382 g/mol. The number of furan rings is 1. The van der Waals surface area contributed by atoms with Crippen LogP contribution in [-0.2, 0) is 17.8 Å². The molecule has 0 saturated carbocycles. The van der Waals surface area contributed by atoms with Gasteiger partial charge in [0.2, 0.25) is 0 Å². The van der Waals surface area contributed by atoms with Crippen molar-refractivity contribution < 1.29 is 23.8 Å². The van der Waals surface area contributed by atoms with E-state index in [1.54, 1.807) is 20.1 Å². The fraction of sp³-hybridized carbons (Fsp3) is 0.250. The predicted molar refractivity (Wildman–Crippen MR) is 86.6 cm³/mol. The first-order valence-corrected chi connectivity index (χ1v) is 7.61. The van der Waals surface area contributed by atoms with Crippen molar-refractivity contribution in [2.45, 2.75) is 19.9 Å². The van der Waals surface area contributed by atoms with E-state index in [9.17, 15) is 9.59 Å². The van der Waals surface area contributed by atoms with Crippen molar-refractivity contribution in [1.29, 1.82) is 0 Å². The third-order valence-corrected chi connectivity index (χ3v) is 3.77. The Morgan fingerprint density at radius 2 is 2.13 bits per heavy atom. The lowest BCUT2D eigenvalue weighted by Crippen LogP contribution is -2.24. The lowest BCUT2D eigenvalue weighted by molar-refractivity contribution is -0.136. The largest absolute Gasteiger partial charge is 0.496 e. The van der Waals surface area contributed by atoms with E-state index in [0.29, 0.717) is 11.3 Å². The Bertz CT molecular complexity index is 738. The fourth-order valence-electron chi connectivity index (χ4n) is 2.22. The number of carbonyl (C=O) groups excluding carboxylic acids is 1. The van der Waals surface area contributed by atoms with Crippen molar-refractivity contribution in [2.24, 2.45) is 0 Å². The van der Waals surface area contributed by atoms with Gasteiger partial charge in [-0.2, -0.15) is 0 Å². The van der Waals surface area contributed by atoms with Gasteiger partial charge in [0.25, 0.3) is 5.91 Å². The van der Waals surface area contributed by atoms with Crippen LogP contribution >= 0.6 is 15.9 Å². The van der Waals surface area contributed by atoms with E-state index in [1.807, 2.05) is 12.1 Å². The third kappa shape index (κ3) is 4.13. The van der Waals surface area contributed by atoms with Crippen molar-refractivity contribution >= 4 is 27.8 Å². The van der Waals surface area contributed by atoms with Gasteiger partial charge < -0.3 is 19.6 Å². The molecule has 23 heavy (non-hydrogen) atoms. The number of rotatable bonds is 6. The first-order valence-electron chi connectivity index (χ1n) is 6.81. The number of aliphatic carboxylic acids is 1. The highest BCUT2D eigenvalue weighted by Crippen LogP contribution is 2.23. The highest BCUT2D eigenvalue weighted by Gasteiger charge is 2.20. The summed E-state index contributed by atoms with van der Waals surface area (Å²) in [6.45, 7) is 1.95. The van der Waals surface area contributed by atoms with Gasteiger partial charge in [-0.1, -0.05) is 15.9 Å². The van der Waals surface area contributed by atoms with Gasteiger partial charge in [-0.15, -0.1) is 0 Å². The fourth-order valence-corrected chi connectivity index (χ4v) is 2.63. The summed E-state index contributed by atoms with van der Waals surface area (Å²) in [4.78, 5) is 23.2. The summed E-state index contributed by atoms with van der Waals surface area (Å²) < 4.78 is 11.3. The highest BCUT2D eigenvalue weighted by molar-refractivity contribution is 9.10. The molecule has 1 amide bonds. The molecule has 0 atom stereocenters. The molecule has 1 heterocycles. The van der Waals surface area contributed by atoms with Crippen molar-refractivity contribution in [1.82, 2.24) is 5.32 Å². The number of halogens is 1. The number of carboxylic acids is 1. The number of carboxylic acid groups (broad SMARTS) is 1. The maximum atomic E-state index is 12.4. The minimum Gasteiger partial charge on any atom is -0.496 e. The van der Waals surface area contributed by atoms with E-state index in [1.165, 1.54) is 6.26 Å². The molecule has 0 aliphatic rings. The minimum absolute atomic E-state index is 0.147. The number of carbonyl (C=O) groups is 2. The van der Waals surface area contributed by atoms with Crippen LogP contribution in [-0.4, -0.2) is 24.1 Å². The Hall–Kier alpha value is -2.28. The van der Waals surface area contributed by atoms with E-state index < -0.39 is 5.97 Å². The number of benzene rings is 1. The quantitative estimate of drug-likeness (QED) is 0.802. The van der Waals surface area contributed by atoms with E-state index >= 15 is 0 Å². The molecule has 2 rings (SSSR count). The summed E-state index contributed by atoms with van der Waals surface area (Å²) in [5.74, 6) is -0.631. The molecule has 0 unspecified atom stereocenters. The molecule has 2 N–H and O–H groups in total. The summed E-state index contributed by atoms with van der Waals surface area (Å²) in [6.07, 6.45) is 1.05. The first kappa shape index (κ1) is 17.1. The van der Waals surface area contributed by atoms with E-state index in [2.05, 4.69) is 21.2 Å². The third-order valence-electron chi connectivity index (χ3n) is 3.27. The lowest BCUT2D eigenvalue weighted by Gasteiger charge is -2.10. The molecule has 6 nitrogen and oxygen atoms in total. The topological polar surface area (TPSA) is 88.8 Å². The molecule has 7 heteroatoms. The van der Waals surface area contributed by atoms with Crippen LogP contribution in [0.2, 0.25) is 0 Å². The van der Waals surface area contributed by atoms with Gasteiger partial charge in [0.05, 0.1) is 18.9 Å². The maximum absolute atomic E-state index is 12.4. The van der Waals surface area contributed by atoms with Crippen LogP contribution in [0.3, 0.4) is 0 Å². The summed E-state index contributed by atoms with van der Waals surface area (Å²) in [7, 11) is 1.56. The maximum Gasteiger partial charge on any atom is 0.311 e. The number of hydrogen-bond donors (Lipinski definition) is 2. The van der Waals surface area contributed by atoms with Crippen LogP contribution in [0.15, 0.2) is 33.4 Å². The Morgan fingerprint density at radius 3 is 2.78 bits per heavy atom. The Kier molecular flexibility index (Phi) is 5.44. The molecule has 0 radical (unpaired) electrons. The van der Waals surface area contributed by atoms with Gasteiger partial charge >= 0.3 is 5.97 Å². The average Bonchev–Trinajstić information content (AvgIpc) is 2.85. The van der Waals surface area contributed by atoms with E-state index in [0.717, 1.165) is 10.0 Å². The van der Waals surface area contributed by atoms with E-state index in [4.69, 9.17) is 14.3 Å². The Balaban J connectivity index is 2.16. The van der Waals surface area contributed by atoms with Crippen LogP contribution < -0.4 is 10.1 Å². The first-order chi connectivity index (χ1) is 10.9. The molecular formula is C16H16BrNO5. The van der Waals surface area contributed by atoms with Crippen molar-refractivity contribution in [3.63, 3.8) is 0 Å². The van der Waals surface area contributed by atoms with Crippen LogP contribution in [0, 0.1) is 6.92 Å². The standard InChI is InChI=1S/C16H16BrNO5/c1-9-8-23-13(6-14(19)20)15(9)16(21)18-7-10-5-11(17)3-4-12(10)22-2/h3-5,8H,6-7H2,1-2H3,(H,18,21)(H,19,20). The van der Waals surface area contributed by atoms with E-state index in [-0.39, 0.29) is 30.2 Å². The number of methoxy groups -OCH3 is 1. The van der Waals surface area contributed by atoms with Gasteiger partial charge in [-0.3, -0.25) is 9.59 Å². The Labute approximate surface area is 141 Å². The second kappa shape index (κ2) is 7.32. The van der Waals surface area contributed by atoms with Crippen LogP contribution in [0.5, 0.6) is 5.75 Å². The second-order valence-electron chi connectivity index (χ2n) is 4.93. The van der Waals surface area contributed by atoms with Gasteiger partial charge in [-0.25, -0.2) is 0 Å². The summed E-state index contributed by atoms with van der Waals surface area (Å²) >= 11 is 3.37. The molecule has 0 spiro atoms. The van der Waals surface area contributed by atoms with Gasteiger partial charge in [-0.05, 0) is 25.1 Å². The molecule has 1 aromatic carbocycles. The number of ether oxygens (including phenoxy) is 1. The molecular weight excluding hydrogens is 366 g/mol. The molecule has 0 bridgehead atoms. The number of aryl methyl sites for hydroxylation is 1. The molecule has 0 aliphatic carbocycles. The molecule has 0 fully saturated rings. The lowest BCUT2D eigenvalue weighted by atomic mass is 10.1. The molecule has 2 aromatic rings. The van der Waals surface area contributed by atoms with Crippen LogP contribution in [0.25, 0.3) is 0 Å². The predicted octanol–water partition coefficient (Wildman–Crippen LogP) is 2.92. The second-order valence-corrected chi connectivity index (χ2v) is 5.84. The van der Waals surface area contributed by atoms with Crippen LogP contribution in [0.4, 0.5) is 0 Å². The zero-order valence-corrected chi connectivity index (χ0v) is 14.3. The molecule has 122 valence electrons. The van der Waals surface area contributed by atoms with Crippen LogP contribution in [0.1, 0.15) is 27.2 Å².